The van der Waals surface area contributed by atoms with Crippen molar-refractivity contribution in [3.05, 3.63) is 93.0 Å². The molecule has 0 aliphatic rings. The van der Waals surface area contributed by atoms with E-state index >= 15 is 0 Å². The number of hydrogen-bond donors (Lipinski definition) is 0. The SMILES string of the molecule is CCCCCCCc1ccc(C(=O)Oc2ccc(C(=O)Oc3ccc(C#N)c(Cl)c3)c(Cl)c2)cc1. The minimum Gasteiger partial charge on any atom is -0.423 e. The molecule has 0 aliphatic heterocycles. The van der Waals surface area contributed by atoms with Crippen LogP contribution >= 0.6 is 23.2 Å². The molecule has 0 N–H and O–H groups in total. The molecule has 3 aromatic rings. The molecule has 0 heterocycles. The Balaban J connectivity index is 1.58. The van der Waals surface area contributed by atoms with Crippen LogP contribution in [0.3, 0.4) is 0 Å². The predicted octanol–water partition coefficient (Wildman–Crippen LogP) is 7.82. The number of unbranched alkanes of at least 4 members (excludes halogenated alkanes) is 4. The largest absolute Gasteiger partial charge is 0.423 e. The second kappa shape index (κ2) is 12.9. The van der Waals surface area contributed by atoms with Gasteiger partial charge >= 0.3 is 11.9 Å². The molecule has 0 bridgehead atoms. The van der Waals surface area contributed by atoms with Gasteiger partial charge in [0.05, 0.1) is 26.7 Å². The van der Waals surface area contributed by atoms with Crippen LogP contribution in [0.15, 0.2) is 60.7 Å². The van der Waals surface area contributed by atoms with E-state index in [0.717, 1.165) is 12.8 Å². The van der Waals surface area contributed by atoms with Gasteiger partial charge in [-0.1, -0.05) is 67.9 Å². The lowest BCUT2D eigenvalue weighted by atomic mass is 10.0. The van der Waals surface area contributed by atoms with Crippen molar-refractivity contribution in [1.82, 2.24) is 0 Å². The van der Waals surface area contributed by atoms with E-state index in [1.807, 2.05) is 18.2 Å². The summed E-state index contributed by atoms with van der Waals surface area (Å²) in [7, 11) is 0. The summed E-state index contributed by atoms with van der Waals surface area (Å²) >= 11 is 12.2. The number of benzene rings is 3. The molecule has 0 saturated carbocycles. The van der Waals surface area contributed by atoms with Gasteiger partial charge in [-0.25, -0.2) is 9.59 Å². The zero-order valence-corrected chi connectivity index (χ0v) is 20.9. The topological polar surface area (TPSA) is 76.4 Å². The van der Waals surface area contributed by atoms with E-state index in [1.54, 1.807) is 12.1 Å². The van der Waals surface area contributed by atoms with Gasteiger partial charge in [-0.3, -0.25) is 0 Å². The van der Waals surface area contributed by atoms with Crippen molar-refractivity contribution in [2.24, 2.45) is 0 Å². The number of nitrogens with zero attached hydrogens (tertiary/aromatic N) is 1. The molecule has 5 nitrogen and oxygen atoms in total. The summed E-state index contributed by atoms with van der Waals surface area (Å²) in [5.74, 6) is -0.843. The quantitative estimate of drug-likeness (QED) is 0.158. The van der Waals surface area contributed by atoms with E-state index in [0.29, 0.717) is 5.56 Å². The first-order valence-electron chi connectivity index (χ1n) is 11.4. The number of rotatable bonds is 10. The van der Waals surface area contributed by atoms with Crippen LogP contribution in [-0.4, -0.2) is 11.9 Å². The van der Waals surface area contributed by atoms with Gasteiger partial charge in [-0.05, 0) is 54.8 Å². The van der Waals surface area contributed by atoms with E-state index in [2.05, 4.69) is 6.92 Å². The van der Waals surface area contributed by atoms with Gasteiger partial charge in [0, 0.05) is 12.1 Å². The molecule has 35 heavy (non-hydrogen) atoms. The predicted molar refractivity (Wildman–Crippen MR) is 136 cm³/mol. The molecule has 0 aromatic heterocycles. The third kappa shape index (κ3) is 7.58. The number of carbonyl (C=O) groups is 2. The van der Waals surface area contributed by atoms with E-state index in [4.69, 9.17) is 37.9 Å². The highest BCUT2D eigenvalue weighted by atomic mass is 35.5. The highest BCUT2D eigenvalue weighted by molar-refractivity contribution is 6.34. The van der Waals surface area contributed by atoms with Crippen LogP contribution in [0.1, 0.15) is 70.9 Å². The van der Waals surface area contributed by atoms with E-state index in [9.17, 15) is 9.59 Å². The molecule has 7 heteroatoms. The first-order chi connectivity index (χ1) is 16.9. The average molecular weight is 510 g/mol. The van der Waals surface area contributed by atoms with Crippen LogP contribution in [0.2, 0.25) is 10.0 Å². The highest BCUT2D eigenvalue weighted by Gasteiger charge is 2.16. The second-order valence-corrected chi connectivity index (χ2v) is 8.85. The maximum atomic E-state index is 12.5. The Bertz CT molecular complexity index is 1230. The molecule has 3 aromatic carbocycles. The zero-order valence-electron chi connectivity index (χ0n) is 19.4. The summed E-state index contributed by atoms with van der Waals surface area (Å²) < 4.78 is 10.7. The maximum Gasteiger partial charge on any atom is 0.345 e. The zero-order chi connectivity index (χ0) is 25.2. The van der Waals surface area contributed by atoms with Crippen molar-refractivity contribution in [3.63, 3.8) is 0 Å². The Hall–Kier alpha value is -3.33. The number of hydrogen-bond acceptors (Lipinski definition) is 5. The standard InChI is InChI=1S/C28H25Cl2NO4/c1-2-3-4-5-6-7-19-8-10-20(11-9-19)27(32)34-23-14-15-24(26(30)17-23)28(33)35-22-13-12-21(18-31)25(29)16-22/h8-17H,2-7H2,1H3. The fourth-order valence-electron chi connectivity index (χ4n) is 3.44. The second-order valence-electron chi connectivity index (χ2n) is 8.04. The molecule has 0 amide bonds. The van der Waals surface area contributed by atoms with Crippen LogP contribution in [0.25, 0.3) is 0 Å². The summed E-state index contributed by atoms with van der Waals surface area (Å²) in [5, 5.41) is 9.18. The number of aryl methyl sites for hydroxylation is 1. The lowest BCUT2D eigenvalue weighted by Gasteiger charge is -2.09. The number of carbonyl (C=O) groups excluding carboxylic acids is 2. The Kier molecular flexibility index (Phi) is 9.72. The monoisotopic (exact) mass is 509 g/mol. The molecule has 0 unspecified atom stereocenters. The van der Waals surface area contributed by atoms with E-state index in [-0.39, 0.29) is 32.7 Å². The van der Waals surface area contributed by atoms with Gasteiger partial charge in [0.2, 0.25) is 0 Å². The number of halogens is 2. The molecular formula is C28H25Cl2NO4. The van der Waals surface area contributed by atoms with Crippen molar-refractivity contribution in [2.75, 3.05) is 0 Å². The van der Waals surface area contributed by atoms with Crippen molar-refractivity contribution >= 4 is 35.1 Å². The Labute approximate surface area is 215 Å². The summed E-state index contributed by atoms with van der Waals surface area (Å²) in [4.78, 5) is 25.0. The van der Waals surface area contributed by atoms with Gasteiger partial charge < -0.3 is 9.47 Å². The van der Waals surface area contributed by atoms with Crippen LogP contribution in [0, 0.1) is 11.3 Å². The first-order valence-corrected chi connectivity index (χ1v) is 12.2. The molecule has 0 fully saturated rings. The summed E-state index contributed by atoms with van der Waals surface area (Å²) in [6, 6.07) is 17.9. The van der Waals surface area contributed by atoms with Gasteiger partial charge in [0.1, 0.15) is 17.6 Å². The normalized spacial score (nSPS) is 10.5. The highest BCUT2D eigenvalue weighted by Crippen LogP contribution is 2.27. The number of ether oxygens (including phenoxy) is 2. The van der Waals surface area contributed by atoms with Crippen LogP contribution in [-0.2, 0) is 6.42 Å². The molecule has 0 spiro atoms. The van der Waals surface area contributed by atoms with E-state index in [1.165, 1.54) is 67.6 Å². The average Bonchev–Trinajstić information content (AvgIpc) is 2.84. The summed E-state index contributed by atoms with van der Waals surface area (Å²) in [6.45, 7) is 2.20. The Morgan fingerprint density at radius 1 is 0.800 bits per heavy atom. The molecule has 180 valence electrons. The number of nitriles is 1. The van der Waals surface area contributed by atoms with Gasteiger partial charge in [-0.15, -0.1) is 0 Å². The lowest BCUT2D eigenvalue weighted by Crippen LogP contribution is -2.11. The van der Waals surface area contributed by atoms with Crippen molar-refractivity contribution in [2.45, 2.75) is 45.4 Å². The smallest absolute Gasteiger partial charge is 0.345 e. The third-order valence-electron chi connectivity index (χ3n) is 5.40. The summed E-state index contributed by atoms with van der Waals surface area (Å²) in [6.07, 6.45) is 7.08. The molecule has 3 rings (SSSR count). The molecule has 0 atom stereocenters. The van der Waals surface area contributed by atoms with Crippen molar-refractivity contribution < 1.29 is 19.1 Å². The van der Waals surface area contributed by atoms with Gasteiger partial charge in [0.15, 0.2) is 0 Å². The van der Waals surface area contributed by atoms with Gasteiger partial charge in [0.25, 0.3) is 0 Å². The first kappa shape index (κ1) is 26.3. The Morgan fingerprint density at radius 3 is 2.06 bits per heavy atom. The van der Waals surface area contributed by atoms with Crippen molar-refractivity contribution in [1.29, 1.82) is 5.26 Å². The van der Waals surface area contributed by atoms with Crippen molar-refractivity contribution in [3.8, 4) is 17.6 Å². The lowest BCUT2D eigenvalue weighted by molar-refractivity contribution is 0.0730. The molecular weight excluding hydrogens is 485 g/mol. The third-order valence-corrected chi connectivity index (χ3v) is 6.03. The fourth-order valence-corrected chi connectivity index (χ4v) is 3.90. The van der Waals surface area contributed by atoms with Crippen LogP contribution in [0.4, 0.5) is 0 Å². The van der Waals surface area contributed by atoms with Gasteiger partial charge in [-0.2, -0.15) is 5.26 Å². The summed E-state index contributed by atoms with van der Waals surface area (Å²) in [5.41, 5.74) is 1.98. The van der Waals surface area contributed by atoms with Crippen LogP contribution in [0.5, 0.6) is 11.5 Å². The Morgan fingerprint density at radius 2 is 1.43 bits per heavy atom. The minimum absolute atomic E-state index is 0.0680. The fraction of sp³-hybridized carbons (Fsp3) is 0.250. The van der Waals surface area contributed by atoms with E-state index < -0.39 is 11.9 Å². The molecule has 0 radical (unpaired) electrons. The van der Waals surface area contributed by atoms with Crippen LogP contribution < -0.4 is 9.47 Å². The molecule has 0 saturated heterocycles. The maximum absolute atomic E-state index is 12.5. The number of esters is 2. The minimum atomic E-state index is -0.709. The molecule has 0 aliphatic carbocycles.